The zero-order valence-electron chi connectivity index (χ0n) is 17.9. The molecule has 0 aliphatic rings. The second kappa shape index (κ2) is 9.33. The number of sulfonamides is 1. The lowest BCUT2D eigenvalue weighted by Crippen LogP contribution is -2.24. The van der Waals surface area contributed by atoms with E-state index in [1.807, 2.05) is 32.0 Å². The molecule has 0 aliphatic heterocycles. The highest BCUT2D eigenvalue weighted by atomic mass is 32.2. The summed E-state index contributed by atoms with van der Waals surface area (Å²) in [5, 5.41) is 9.16. The summed E-state index contributed by atoms with van der Waals surface area (Å²) in [4.78, 5) is 19.6. The Morgan fingerprint density at radius 1 is 1.12 bits per heavy atom. The summed E-state index contributed by atoms with van der Waals surface area (Å²) in [6, 6.07) is 12.4. The van der Waals surface area contributed by atoms with Crippen LogP contribution in [-0.2, 0) is 10.0 Å². The highest BCUT2D eigenvalue weighted by Crippen LogP contribution is 2.29. The molecule has 0 aliphatic carbocycles. The Bertz CT molecular complexity index is 1240. The van der Waals surface area contributed by atoms with Gasteiger partial charge in [0.15, 0.2) is 0 Å². The highest BCUT2D eigenvalue weighted by molar-refractivity contribution is 7.92. The number of carboxylic acids is 1. The number of nitrogens with zero attached hydrogens (tertiary/aromatic N) is 2. The maximum Gasteiger partial charge on any atom is 0.335 e. The first-order chi connectivity index (χ1) is 15.1. The van der Waals surface area contributed by atoms with Gasteiger partial charge >= 0.3 is 5.97 Å². The van der Waals surface area contributed by atoms with Gasteiger partial charge < -0.3 is 15.6 Å². The predicted octanol–water partition coefficient (Wildman–Crippen LogP) is 2.99. The number of hydrogen-bond donors (Lipinski definition) is 3. The van der Waals surface area contributed by atoms with E-state index in [0.717, 1.165) is 22.8 Å². The first-order valence-electron chi connectivity index (χ1n) is 9.79. The summed E-state index contributed by atoms with van der Waals surface area (Å²) in [7, 11) is -4.16. The summed E-state index contributed by atoms with van der Waals surface area (Å²) in [6.45, 7) is 5.86. The third-order valence-corrected chi connectivity index (χ3v) is 6.04. The lowest BCUT2D eigenvalue weighted by Gasteiger charge is -2.16. The van der Waals surface area contributed by atoms with Crippen LogP contribution in [0.3, 0.4) is 0 Å². The molecule has 0 saturated heterocycles. The lowest BCUT2D eigenvalue weighted by molar-refractivity contribution is 0.0696. The van der Waals surface area contributed by atoms with Gasteiger partial charge in [-0.25, -0.2) is 22.9 Å². The molecule has 0 amide bonds. The molecule has 0 saturated carbocycles. The molecule has 1 heterocycles. The average molecular weight is 457 g/mol. The van der Waals surface area contributed by atoms with Crippen molar-refractivity contribution in [2.24, 2.45) is 5.73 Å². The molecule has 32 heavy (non-hydrogen) atoms. The molecule has 1 atom stereocenters. The summed E-state index contributed by atoms with van der Waals surface area (Å²) in [5.74, 6) is -1.28. The summed E-state index contributed by atoms with van der Waals surface area (Å²) >= 11 is 0. The molecule has 0 bridgehead atoms. The number of ether oxygens (including phenoxy) is 1. The van der Waals surface area contributed by atoms with Crippen molar-refractivity contribution < 1.29 is 23.1 Å². The van der Waals surface area contributed by atoms with Crippen LogP contribution in [0.2, 0.25) is 0 Å². The monoisotopic (exact) mass is 456 g/mol. The van der Waals surface area contributed by atoms with Gasteiger partial charge in [0.05, 0.1) is 16.2 Å². The number of anilines is 1. The topological polar surface area (TPSA) is 144 Å². The fourth-order valence-electron chi connectivity index (χ4n) is 3.11. The quantitative estimate of drug-likeness (QED) is 0.469. The molecule has 1 aromatic heterocycles. The van der Waals surface area contributed by atoms with E-state index >= 15 is 0 Å². The number of aromatic carboxylic acids is 1. The fraction of sp³-hybridized carbons (Fsp3) is 0.227. The van der Waals surface area contributed by atoms with Crippen molar-refractivity contribution >= 4 is 21.9 Å². The van der Waals surface area contributed by atoms with Gasteiger partial charge in [-0.15, -0.1) is 0 Å². The van der Waals surface area contributed by atoms with Crippen LogP contribution in [0.1, 0.15) is 28.4 Å². The zero-order chi connectivity index (χ0) is 23.5. The number of hydrogen-bond acceptors (Lipinski definition) is 7. The Labute approximate surface area is 186 Å². The molecule has 0 radical (unpaired) electrons. The number of nitrogens with one attached hydrogen (secondary N) is 1. The second-order valence-corrected chi connectivity index (χ2v) is 8.97. The molecule has 3 aromatic rings. The fourth-order valence-corrected chi connectivity index (χ4v) is 4.10. The van der Waals surface area contributed by atoms with Crippen molar-refractivity contribution in [2.45, 2.75) is 31.8 Å². The number of benzene rings is 2. The molecule has 9 nitrogen and oxygen atoms in total. The van der Waals surface area contributed by atoms with Crippen LogP contribution < -0.4 is 15.2 Å². The Balaban J connectivity index is 2.08. The first kappa shape index (κ1) is 23.2. The van der Waals surface area contributed by atoms with Crippen molar-refractivity contribution in [3.8, 4) is 17.1 Å². The normalized spacial score (nSPS) is 12.2. The standard InChI is InChI=1S/C22H24N4O5S/c1-13-6-4-7-14(2)20(13)18-11-19(31-15(3)12-23)25-22(24-18)26-32(29,30)17-9-5-8-16(10-17)21(27)28/h4-11,15H,12,23H2,1-3H3,(H,27,28)(H,24,25,26)/t15-/m1/s1. The molecular formula is C22H24N4O5S. The third-order valence-electron chi connectivity index (χ3n) is 4.71. The molecule has 2 aromatic carbocycles. The van der Waals surface area contributed by atoms with E-state index in [0.29, 0.717) is 5.69 Å². The number of carboxylic acid groups (broad SMARTS) is 1. The minimum atomic E-state index is -4.16. The molecule has 0 spiro atoms. The van der Waals surface area contributed by atoms with Crippen LogP contribution in [-0.4, -0.2) is 42.1 Å². The van der Waals surface area contributed by atoms with Crippen LogP contribution in [0, 0.1) is 13.8 Å². The van der Waals surface area contributed by atoms with Crippen LogP contribution >= 0.6 is 0 Å². The summed E-state index contributed by atoms with van der Waals surface area (Å²) in [5.41, 5.74) is 8.69. The van der Waals surface area contributed by atoms with Crippen LogP contribution in [0.4, 0.5) is 5.95 Å². The van der Waals surface area contributed by atoms with Crippen molar-refractivity contribution in [1.29, 1.82) is 0 Å². The predicted molar refractivity (Wildman–Crippen MR) is 120 cm³/mol. The average Bonchev–Trinajstić information content (AvgIpc) is 2.73. The van der Waals surface area contributed by atoms with E-state index in [9.17, 15) is 13.2 Å². The summed E-state index contributed by atoms with van der Waals surface area (Å²) in [6.07, 6.45) is -0.354. The lowest BCUT2D eigenvalue weighted by atomic mass is 10.00. The molecular weight excluding hydrogens is 432 g/mol. The van der Waals surface area contributed by atoms with Crippen molar-refractivity contribution in [3.63, 3.8) is 0 Å². The van der Waals surface area contributed by atoms with Gasteiger partial charge in [-0.05, 0) is 50.1 Å². The number of aromatic nitrogens is 2. The maximum absolute atomic E-state index is 12.9. The largest absolute Gasteiger partial charge is 0.478 e. The van der Waals surface area contributed by atoms with Crippen LogP contribution in [0.15, 0.2) is 53.4 Å². The Kier molecular flexibility index (Phi) is 6.75. The number of nitrogens with two attached hydrogens (primary N) is 1. The Morgan fingerprint density at radius 3 is 2.41 bits per heavy atom. The van der Waals surface area contributed by atoms with Crippen LogP contribution in [0.25, 0.3) is 11.3 Å². The molecule has 10 heteroatoms. The van der Waals surface area contributed by atoms with Gasteiger partial charge in [0.1, 0.15) is 6.10 Å². The van der Waals surface area contributed by atoms with E-state index in [2.05, 4.69) is 14.7 Å². The molecule has 4 N–H and O–H groups in total. The zero-order valence-corrected chi connectivity index (χ0v) is 18.7. The number of rotatable bonds is 8. The third kappa shape index (κ3) is 5.21. The van der Waals surface area contributed by atoms with Gasteiger partial charge in [-0.1, -0.05) is 24.3 Å². The Hall–Kier alpha value is -3.50. The van der Waals surface area contributed by atoms with Gasteiger partial charge in [0.2, 0.25) is 11.8 Å². The van der Waals surface area contributed by atoms with E-state index in [-0.39, 0.29) is 34.9 Å². The van der Waals surface area contributed by atoms with Gasteiger partial charge in [0.25, 0.3) is 10.0 Å². The van der Waals surface area contributed by atoms with Crippen molar-refractivity contribution in [1.82, 2.24) is 9.97 Å². The van der Waals surface area contributed by atoms with E-state index < -0.39 is 16.0 Å². The molecule has 0 fully saturated rings. The van der Waals surface area contributed by atoms with Gasteiger partial charge in [-0.3, -0.25) is 0 Å². The molecule has 3 rings (SSSR count). The smallest absolute Gasteiger partial charge is 0.335 e. The van der Waals surface area contributed by atoms with Gasteiger partial charge in [-0.2, -0.15) is 4.98 Å². The number of aryl methyl sites for hydroxylation is 2. The molecule has 168 valence electrons. The van der Waals surface area contributed by atoms with Crippen LogP contribution in [0.5, 0.6) is 5.88 Å². The van der Waals surface area contributed by atoms with Crippen molar-refractivity contribution in [3.05, 3.63) is 65.2 Å². The van der Waals surface area contributed by atoms with E-state index in [4.69, 9.17) is 15.6 Å². The van der Waals surface area contributed by atoms with E-state index in [1.54, 1.807) is 13.0 Å². The minimum absolute atomic E-state index is 0.154. The van der Waals surface area contributed by atoms with Gasteiger partial charge in [0, 0.05) is 18.2 Å². The first-order valence-corrected chi connectivity index (χ1v) is 11.3. The molecule has 0 unspecified atom stereocenters. The SMILES string of the molecule is Cc1cccc(C)c1-c1cc(O[C@H](C)CN)nc(NS(=O)(=O)c2cccc(C(=O)O)c2)n1. The second-order valence-electron chi connectivity index (χ2n) is 7.28. The van der Waals surface area contributed by atoms with E-state index in [1.165, 1.54) is 18.2 Å². The summed E-state index contributed by atoms with van der Waals surface area (Å²) < 4.78 is 33.9. The highest BCUT2D eigenvalue weighted by Gasteiger charge is 2.20. The Morgan fingerprint density at radius 2 is 1.78 bits per heavy atom. The minimum Gasteiger partial charge on any atom is -0.478 e. The maximum atomic E-state index is 12.9. The number of carbonyl (C=O) groups is 1. The van der Waals surface area contributed by atoms with Crippen molar-refractivity contribution in [2.75, 3.05) is 11.3 Å².